The van der Waals surface area contributed by atoms with E-state index < -0.39 is 5.97 Å². The average Bonchev–Trinajstić information content (AvgIpc) is 2.75. The van der Waals surface area contributed by atoms with E-state index in [1.165, 1.54) is 0 Å². The molecule has 0 spiro atoms. The van der Waals surface area contributed by atoms with Crippen LogP contribution >= 0.6 is 0 Å². The summed E-state index contributed by atoms with van der Waals surface area (Å²) in [6.45, 7) is 8.46. The molecule has 8 heteroatoms. The Balaban J connectivity index is 1.68. The van der Waals surface area contributed by atoms with E-state index in [9.17, 15) is 4.79 Å². The molecular weight excluding hydrogens is 356 g/mol. The number of piperazine rings is 2. The van der Waals surface area contributed by atoms with Gasteiger partial charge in [0.2, 0.25) is 5.95 Å². The van der Waals surface area contributed by atoms with Gasteiger partial charge in [-0.3, -0.25) is 0 Å². The maximum Gasteiger partial charge on any atom is 0.360 e. The van der Waals surface area contributed by atoms with E-state index in [2.05, 4.69) is 20.5 Å². The number of aromatic nitrogens is 2. The van der Waals surface area contributed by atoms with Gasteiger partial charge in [0.05, 0.1) is 5.69 Å². The molecule has 0 atom stereocenters. The van der Waals surface area contributed by atoms with Gasteiger partial charge in [-0.15, -0.1) is 5.06 Å². The van der Waals surface area contributed by atoms with Crippen LogP contribution in [0.5, 0.6) is 0 Å². The molecule has 2 saturated heterocycles. The normalized spacial score (nSPS) is 18.1. The van der Waals surface area contributed by atoms with Gasteiger partial charge in [0, 0.05) is 64.1 Å². The average molecular weight is 382 g/mol. The third-order valence-electron chi connectivity index (χ3n) is 5.08. The van der Waals surface area contributed by atoms with E-state index in [0.717, 1.165) is 50.4 Å². The van der Waals surface area contributed by atoms with Crippen LogP contribution in [-0.2, 0) is 4.84 Å². The summed E-state index contributed by atoms with van der Waals surface area (Å²) in [7, 11) is 0. The molecule has 0 amide bonds. The van der Waals surface area contributed by atoms with Crippen LogP contribution in [0.25, 0.3) is 11.3 Å². The molecule has 2 aliphatic heterocycles. The van der Waals surface area contributed by atoms with Crippen molar-refractivity contribution < 1.29 is 9.63 Å². The minimum atomic E-state index is -0.410. The second-order valence-corrected chi connectivity index (χ2v) is 7.04. The Morgan fingerprint density at radius 3 is 2.43 bits per heavy atom. The lowest BCUT2D eigenvalue weighted by molar-refractivity contribution is -0.115. The predicted molar refractivity (Wildman–Crippen MR) is 107 cm³/mol. The summed E-state index contributed by atoms with van der Waals surface area (Å²) in [5, 5.41) is 8.28. The number of carbonyl (C=O) groups excluding carboxylic acids is 1. The molecule has 2 aliphatic rings. The van der Waals surface area contributed by atoms with Gasteiger partial charge in [-0.1, -0.05) is 24.3 Å². The van der Waals surface area contributed by atoms with Crippen LogP contribution in [0, 0.1) is 6.92 Å². The highest BCUT2D eigenvalue weighted by atomic mass is 16.7. The van der Waals surface area contributed by atoms with Gasteiger partial charge in [-0.2, -0.15) is 0 Å². The molecule has 2 N–H and O–H groups in total. The molecule has 2 aromatic rings. The molecule has 1 aromatic heterocycles. The van der Waals surface area contributed by atoms with Crippen molar-refractivity contribution in [2.75, 3.05) is 57.3 Å². The second-order valence-electron chi connectivity index (χ2n) is 7.04. The number of hydrogen-bond acceptors (Lipinski definition) is 8. The molecular formula is C20H26N6O2. The molecule has 0 unspecified atom stereocenters. The highest BCUT2D eigenvalue weighted by molar-refractivity contribution is 5.96. The summed E-state index contributed by atoms with van der Waals surface area (Å²) in [5.41, 5.74) is 3.01. The Morgan fingerprint density at radius 2 is 1.71 bits per heavy atom. The summed E-state index contributed by atoms with van der Waals surface area (Å²) in [5.74, 6) is 0.241. The van der Waals surface area contributed by atoms with Crippen molar-refractivity contribution in [3.63, 3.8) is 0 Å². The number of hydroxylamine groups is 2. The van der Waals surface area contributed by atoms with Gasteiger partial charge in [-0.05, 0) is 12.5 Å². The minimum Gasteiger partial charge on any atom is -0.364 e. The largest absolute Gasteiger partial charge is 0.364 e. The number of rotatable bonds is 4. The van der Waals surface area contributed by atoms with Gasteiger partial charge in [0.25, 0.3) is 0 Å². The van der Waals surface area contributed by atoms with Crippen molar-refractivity contribution >= 4 is 11.9 Å². The maximum atomic E-state index is 12.9. The molecule has 2 fully saturated rings. The highest BCUT2D eigenvalue weighted by Gasteiger charge is 2.24. The minimum absolute atomic E-state index is 0.395. The number of nitrogens with one attached hydrogen (secondary N) is 2. The zero-order valence-electron chi connectivity index (χ0n) is 16.1. The number of carbonyl (C=O) groups is 1. The van der Waals surface area contributed by atoms with Crippen molar-refractivity contribution in [1.82, 2.24) is 25.7 Å². The molecule has 28 heavy (non-hydrogen) atoms. The Bertz CT molecular complexity index is 831. The van der Waals surface area contributed by atoms with Crippen LogP contribution in [0.4, 0.5) is 5.95 Å². The Labute approximate surface area is 164 Å². The summed E-state index contributed by atoms with van der Waals surface area (Å²) in [6.07, 6.45) is 1.61. The first-order valence-electron chi connectivity index (χ1n) is 9.79. The molecule has 0 aliphatic carbocycles. The van der Waals surface area contributed by atoms with Crippen LogP contribution in [0.2, 0.25) is 0 Å². The number of anilines is 1. The van der Waals surface area contributed by atoms with Crippen molar-refractivity contribution in [2.45, 2.75) is 6.92 Å². The Hall–Kier alpha value is -2.55. The monoisotopic (exact) mass is 382 g/mol. The smallest absolute Gasteiger partial charge is 0.360 e. The van der Waals surface area contributed by atoms with Crippen LogP contribution < -0.4 is 15.5 Å². The topological polar surface area (TPSA) is 82.6 Å². The first-order chi connectivity index (χ1) is 13.7. The van der Waals surface area contributed by atoms with Gasteiger partial charge in [-0.25, -0.2) is 14.8 Å². The fourth-order valence-corrected chi connectivity index (χ4v) is 3.49. The van der Waals surface area contributed by atoms with Crippen LogP contribution in [0.3, 0.4) is 0 Å². The molecule has 0 radical (unpaired) electrons. The van der Waals surface area contributed by atoms with E-state index in [-0.39, 0.29) is 0 Å². The van der Waals surface area contributed by atoms with Crippen LogP contribution in [0.15, 0.2) is 30.5 Å². The molecule has 1 aromatic carbocycles. The Kier molecular flexibility index (Phi) is 5.80. The van der Waals surface area contributed by atoms with Crippen molar-refractivity contribution in [3.05, 3.63) is 41.6 Å². The van der Waals surface area contributed by atoms with E-state index in [1.807, 2.05) is 31.2 Å². The fourth-order valence-electron chi connectivity index (χ4n) is 3.49. The lowest BCUT2D eigenvalue weighted by atomic mass is 10.0. The number of nitrogens with zero attached hydrogens (tertiary/aromatic N) is 4. The summed E-state index contributed by atoms with van der Waals surface area (Å²) < 4.78 is 0. The quantitative estimate of drug-likeness (QED) is 0.805. The van der Waals surface area contributed by atoms with Crippen molar-refractivity contribution in [1.29, 1.82) is 0 Å². The lowest BCUT2D eigenvalue weighted by Crippen LogP contribution is -2.44. The molecule has 8 nitrogen and oxygen atoms in total. The van der Waals surface area contributed by atoms with E-state index >= 15 is 0 Å². The van der Waals surface area contributed by atoms with E-state index in [1.54, 1.807) is 11.3 Å². The zero-order chi connectivity index (χ0) is 19.3. The predicted octanol–water partition coefficient (Wildman–Crippen LogP) is 0.839. The number of benzene rings is 1. The van der Waals surface area contributed by atoms with E-state index in [0.29, 0.717) is 30.3 Å². The van der Waals surface area contributed by atoms with Crippen molar-refractivity contribution in [3.8, 4) is 11.3 Å². The highest BCUT2D eigenvalue weighted by Crippen LogP contribution is 2.27. The number of hydrogen-bond donors (Lipinski definition) is 2. The van der Waals surface area contributed by atoms with Gasteiger partial charge in [0.1, 0.15) is 5.56 Å². The SMILES string of the molecule is Cc1ccccc1-c1nc(N2CCNCC2)ncc1C(=O)ON1CCNCC1. The second kappa shape index (κ2) is 8.64. The standard InChI is InChI=1S/C20H26N6O2/c1-15-4-2-3-5-16(15)18-17(19(27)28-26-12-8-22-9-13-26)14-23-20(24-18)25-10-6-21-7-11-25/h2-5,14,21-22H,6-13H2,1H3. The van der Waals surface area contributed by atoms with E-state index in [4.69, 9.17) is 9.82 Å². The van der Waals surface area contributed by atoms with Crippen LogP contribution in [-0.4, -0.2) is 73.4 Å². The third kappa shape index (κ3) is 4.14. The molecule has 3 heterocycles. The number of aryl methyl sites for hydroxylation is 1. The van der Waals surface area contributed by atoms with Crippen molar-refractivity contribution in [2.24, 2.45) is 0 Å². The fraction of sp³-hybridized carbons (Fsp3) is 0.450. The first-order valence-corrected chi connectivity index (χ1v) is 9.79. The third-order valence-corrected chi connectivity index (χ3v) is 5.08. The van der Waals surface area contributed by atoms with Gasteiger partial charge in [0.15, 0.2) is 0 Å². The molecule has 0 saturated carbocycles. The Morgan fingerprint density at radius 1 is 1.04 bits per heavy atom. The lowest BCUT2D eigenvalue weighted by Gasteiger charge is -2.28. The van der Waals surface area contributed by atoms with Gasteiger partial charge >= 0.3 is 5.97 Å². The maximum absolute atomic E-state index is 12.9. The van der Waals surface area contributed by atoms with Crippen LogP contribution in [0.1, 0.15) is 15.9 Å². The zero-order valence-corrected chi connectivity index (χ0v) is 16.1. The van der Waals surface area contributed by atoms with Gasteiger partial charge < -0.3 is 20.4 Å². The summed E-state index contributed by atoms with van der Waals surface area (Å²) >= 11 is 0. The molecule has 148 valence electrons. The molecule has 4 rings (SSSR count). The first kappa shape index (κ1) is 18.8. The summed E-state index contributed by atoms with van der Waals surface area (Å²) in [6, 6.07) is 7.95. The molecule has 0 bridgehead atoms. The summed E-state index contributed by atoms with van der Waals surface area (Å²) in [4.78, 5) is 30.0.